The molecule has 1 aromatic rings. The fourth-order valence-electron chi connectivity index (χ4n) is 4.51. The number of carbonyl (C=O) groups excluding carboxylic acids is 1. The molecular weight excluding hydrogens is 326 g/mol. The topological polar surface area (TPSA) is 66.4 Å². The Bertz CT molecular complexity index is 691. The number of rotatable bonds is 4. The van der Waals surface area contributed by atoms with Crippen LogP contribution < -0.4 is 5.32 Å². The van der Waals surface area contributed by atoms with E-state index in [-0.39, 0.29) is 17.7 Å². The van der Waals surface area contributed by atoms with Gasteiger partial charge in [-0.05, 0) is 56.2 Å². The summed E-state index contributed by atoms with van der Waals surface area (Å²) >= 11 is 5.86. The first kappa shape index (κ1) is 17.0. The molecule has 1 amide bonds. The predicted molar refractivity (Wildman–Crippen MR) is 92.5 cm³/mol. The maximum absolute atomic E-state index is 12.7. The number of carboxylic acid groups (broad SMARTS) is 1. The van der Waals surface area contributed by atoms with Crippen molar-refractivity contribution in [2.75, 3.05) is 0 Å². The average Bonchev–Trinajstić information content (AvgIpc) is 3.10. The Morgan fingerprint density at radius 1 is 1.12 bits per heavy atom. The number of nitrogens with one attached hydrogen (secondary N) is 1. The quantitative estimate of drug-likeness (QED) is 0.817. The molecule has 5 heteroatoms. The number of benzene rings is 1. The number of aliphatic carboxylic acids is 1. The lowest BCUT2D eigenvalue weighted by molar-refractivity contribution is -0.149. The first-order valence-corrected chi connectivity index (χ1v) is 8.70. The van der Waals surface area contributed by atoms with Gasteiger partial charge < -0.3 is 10.4 Å². The highest BCUT2D eigenvalue weighted by Crippen LogP contribution is 2.57. The van der Waals surface area contributed by atoms with E-state index >= 15 is 0 Å². The Hall–Kier alpha value is -1.81. The SMILES string of the molecule is CC(C)=C1[C@H]2CC[C@@H]1[C@@H](C(=O)NCc1ccc(Cl)cc1)[C@@H]2C(=O)O. The van der Waals surface area contributed by atoms with Crippen LogP contribution in [0.25, 0.3) is 0 Å². The minimum atomic E-state index is -0.854. The molecule has 3 rings (SSSR count). The monoisotopic (exact) mass is 347 g/mol. The predicted octanol–water partition coefficient (Wildman–Crippen LogP) is 3.65. The summed E-state index contributed by atoms with van der Waals surface area (Å²) < 4.78 is 0. The van der Waals surface area contributed by atoms with Crippen LogP contribution in [0, 0.1) is 23.7 Å². The van der Waals surface area contributed by atoms with E-state index < -0.39 is 17.8 Å². The maximum Gasteiger partial charge on any atom is 0.307 e. The average molecular weight is 348 g/mol. The molecule has 128 valence electrons. The largest absolute Gasteiger partial charge is 0.481 e. The minimum Gasteiger partial charge on any atom is -0.481 e. The van der Waals surface area contributed by atoms with Crippen molar-refractivity contribution in [3.05, 3.63) is 46.0 Å². The first-order chi connectivity index (χ1) is 11.4. The molecule has 2 saturated carbocycles. The molecule has 0 spiro atoms. The Morgan fingerprint density at radius 2 is 1.71 bits per heavy atom. The summed E-state index contributed by atoms with van der Waals surface area (Å²) in [5.41, 5.74) is 3.32. The van der Waals surface area contributed by atoms with Gasteiger partial charge in [-0.2, -0.15) is 0 Å². The van der Waals surface area contributed by atoms with Crippen molar-refractivity contribution in [3.8, 4) is 0 Å². The van der Waals surface area contributed by atoms with Gasteiger partial charge in [-0.15, -0.1) is 0 Å². The van der Waals surface area contributed by atoms with Gasteiger partial charge in [-0.1, -0.05) is 34.9 Å². The fraction of sp³-hybridized carbons (Fsp3) is 0.474. The molecule has 2 aliphatic carbocycles. The lowest BCUT2D eigenvalue weighted by Crippen LogP contribution is -2.41. The summed E-state index contributed by atoms with van der Waals surface area (Å²) in [7, 11) is 0. The molecule has 2 aliphatic rings. The highest BCUT2D eigenvalue weighted by atomic mass is 35.5. The van der Waals surface area contributed by atoms with E-state index in [2.05, 4.69) is 5.32 Å². The third-order valence-corrected chi connectivity index (χ3v) is 5.64. The minimum absolute atomic E-state index is 0.0174. The van der Waals surface area contributed by atoms with Crippen LogP contribution in [-0.2, 0) is 16.1 Å². The van der Waals surface area contributed by atoms with E-state index in [0.29, 0.717) is 11.6 Å². The highest BCUT2D eigenvalue weighted by molar-refractivity contribution is 6.30. The van der Waals surface area contributed by atoms with Gasteiger partial charge in [-0.3, -0.25) is 9.59 Å². The summed E-state index contributed by atoms with van der Waals surface area (Å²) in [6, 6.07) is 7.28. The molecule has 0 radical (unpaired) electrons. The molecule has 0 aromatic heterocycles. The van der Waals surface area contributed by atoms with Gasteiger partial charge in [0, 0.05) is 11.6 Å². The van der Waals surface area contributed by atoms with Gasteiger partial charge in [0.25, 0.3) is 0 Å². The standard InChI is InChI=1S/C19H22ClNO3/c1-10(2)15-13-7-8-14(15)17(19(23)24)16(13)18(22)21-9-11-3-5-12(20)6-4-11/h3-6,13-14,16-17H,7-9H2,1-2H3,(H,21,22)(H,23,24)/t13-,14+,16+,17+/m0/s1. The summed E-state index contributed by atoms with van der Waals surface area (Å²) in [5.74, 6) is -1.97. The van der Waals surface area contributed by atoms with Crippen molar-refractivity contribution < 1.29 is 14.7 Å². The van der Waals surface area contributed by atoms with Crippen LogP contribution in [0.2, 0.25) is 5.02 Å². The van der Waals surface area contributed by atoms with Crippen molar-refractivity contribution >= 4 is 23.5 Å². The van der Waals surface area contributed by atoms with Crippen LogP contribution in [0.15, 0.2) is 35.4 Å². The van der Waals surface area contributed by atoms with Crippen LogP contribution in [0.5, 0.6) is 0 Å². The number of hydrogen-bond acceptors (Lipinski definition) is 2. The second kappa shape index (κ2) is 6.60. The number of carboxylic acids is 1. The Kier molecular flexibility index (Phi) is 4.68. The normalized spacial score (nSPS) is 28.0. The zero-order chi connectivity index (χ0) is 17.4. The van der Waals surface area contributed by atoms with E-state index in [1.54, 1.807) is 12.1 Å². The zero-order valence-corrected chi connectivity index (χ0v) is 14.6. The van der Waals surface area contributed by atoms with Gasteiger partial charge in [0.15, 0.2) is 0 Å². The van der Waals surface area contributed by atoms with Gasteiger partial charge in [0.05, 0.1) is 11.8 Å². The fourth-order valence-corrected chi connectivity index (χ4v) is 4.64. The van der Waals surface area contributed by atoms with Gasteiger partial charge in [0.2, 0.25) is 5.91 Å². The summed E-state index contributed by atoms with van der Waals surface area (Å²) in [5, 5.41) is 13.2. The molecule has 2 N–H and O–H groups in total. The Balaban J connectivity index is 1.77. The van der Waals surface area contributed by atoms with Crippen molar-refractivity contribution in [2.24, 2.45) is 23.7 Å². The Morgan fingerprint density at radius 3 is 2.25 bits per heavy atom. The number of halogens is 1. The van der Waals surface area contributed by atoms with Crippen molar-refractivity contribution in [1.29, 1.82) is 0 Å². The lowest BCUT2D eigenvalue weighted by atomic mass is 9.78. The molecule has 0 unspecified atom stereocenters. The highest BCUT2D eigenvalue weighted by Gasteiger charge is 2.57. The number of amides is 1. The van der Waals surface area contributed by atoms with E-state index in [1.165, 1.54) is 11.1 Å². The maximum atomic E-state index is 12.7. The number of allylic oxidation sites excluding steroid dienone is 2. The second-order valence-corrected chi connectivity index (χ2v) is 7.42. The van der Waals surface area contributed by atoms with Crippen LogP contribution in [0.4, 0.5) is 0 Å². The van der Waals surface area contributed by atoms with Crippen LogP contribution in [-0.4, -0.2) is 17.0 Å². The van der Waals surface area contributed by atoms with E-state index in [9.17, 15) is 14.7 Å². The number of fused-ring (bicyclic) bond motifs is 2. The van der Waals surface area contributed by atoms with Crippen molar-refractivity contribution in [2.45, 2.75) is 33.2 Å². The summed E-state index contributed by atoms with van der Waals surface area (Å²) in [6.07, 6.45) is 1.79. The van der Waals surface area contributed by atoms with Gasteiger partial charge >= 0.3 is 5.97 Å². The zero-order valence-electron chi connectivity index (χ0n) is 13.9. The second-order valence-electron chi connectivity index (χ2n) is 6.98. The van der Waals surface area contributed by atoms with Crippen LogP contribution >= 0.6 is 11.6 Å². The third kappa shape index (κ3) is 2.95. The molecule has 4 atom stereocenters. The van der Waals surface area contributed by atoms with Crippen molar-refractivity contribution in [1.82, 2.24) is 5.32 Å². The Labute approximate surface area is 146 Å². The summed E-state index contributed by atoms with van der Waals surface area (Å²) in [4.78, 5) is 24.5. The number of carbonyl (C=O) groups is 2. The van der Waals surface area contributed by atoms with Crippen molar-refractivity contribution in [3.63, 3.8) is 0 Å². The summed E-state index contributed by atoms with van der Waals surface area (Å²) in [6.45, 7) is 4.43. The molecule has 1 aromatic carbocycles. The molecule has 2 fully saturated rings. The molecule has 0 aliphatic heterocycles. The van der Waals surface area contributed by atoms with E-state index in [4.69, 9.17) is 11.6 Å². The molecule has 0 saturated heterocycles. The van der Waals surface area contributed by atoms with Crippen LogP contribution in [0.1, 0.15) is 32.3 Å². The number of hydrogen-bond donors (Lipinski definition) is 2. The molecule has 4 nitrogen and oxygen atoms in total. The molecule has 0 heterocycles. The lowest BCUT2D eigenvalue weighted by Gasteiger charge is -2.26. The van der Waals surface area contributed by atoms with Gasteiger partial charge in [0.1, 0.15) is 0 Å². The molecular formula is C19H22ClNO3. The van der Waals surface area contributed by atoms with E-state index in [0.717, 1.165) is 18.4 Å². The first-order valence-electron chi connectivity index (χ1n) is 8.32. The molecule has 2 bridgehead atoms. The van der Waals surface area contributed by atoms with Crippen LogP contribution in [0.3, 0.4) is 0 Å². The van der Waals surface area contributed by atoms with Gasteiger partial charge in [-0.25, -0.2) is 0 Å². The smallest absolute Gasteiger partial charge is 0.307 e. The molecule has 24 heavy (non-hydrogen) atoms. The third-order valence-electron chi connectivity index (χ3n) is 5.39. The van der Waals surface area contributed by atoms with E-state index in [1.807, 2.05) is 26.0 Å².